The van der Waals surface area contributed by atoms with Crippen LogP contribution >= 0.6 is 0 Å². The van der Waals surface area contributed by atoms with E-state index in [1.54, 1.807) is 0 Å². The zero-order valence-electron chi connectivity index (χ0n) is 20.7. The van der Waals surface area contributed by atoms with Crippen LogP contribution in [0.5, 0.6) is 0 Å². The van der Waals surface area contributed by atoms with Gasteiger partial charge in [0.15, 0.2) is 0 Å². The van der Waals surface area contributed by atoms with Crippen LogP contribution in [0.15, 0.2) is 42.5 Å². The highest BCUT2D eigenvalue weighted by molar-refractivity contribution is 5.97. The van der Waals surface area contributed by atoms with Gasteiger partial charge in [-0.1, -0.05) is 38.1 Å². The quantitative estimate of drug-likeness (QED) is 0.690. The SMILES string of the molecule is CCN1CC(C)(C)CN(C)c2cc(CN3CCC(N4C(=O)CCc5ccccc54)C3)ccc21. The summed E-state index contributed by atoms with van der Waals surface area (Å²) >= 11 is 0. The normalized spacial score (nSPS) is 22.8. The van der Waals surface area contributed by atoms with Crippen LogP contribution in [0.4, 0.5) is 17.1 Å². The molecular formula is C28H38N4O. The predicted octanol–water partition coefficient (Wildman–Crippen LogP) is 4.54. The molecule has 0 bridgehead atoms. The summed E-state index contributed by atoms with van der Waals surface area (Å²) in [6, 6.07) is 15.8. The fourth-order valence-electron chi connectivity index (χ4n) is 6.18. The molecule has 1 unspecified atom stereocenters. The molecule has 3 aliphatic heterocycles. The first-order chi connectivity index (χ1) is 15.8. The molecule has 0 aliphatic carbocycles. The molecule has 0 radical (unpaired) electrons. The highest BCUT2D eigenvalue weighted by atomic mass is 16.2. The number of hydrogen-bond donors (Lipinski definition) is 0. The Balaban J connectivity index is 1.32. The van der Waals surface area contributed by atoms with Gasteiger partial charge in [-0.2, -0.15) is 0 Å². The van der Waals surface area contributed by atoms with E-state index in [9.17, 15) is 4.79 Å². The molecule has 2 aromatic carbocycles. The molecule has 2 aromatic rings. The lowest BCUT2D eigenvalue weighted by molar-refractivity contribution is -0.119. The second-order valence-electron chi connectivity index (χ2n) is 10.9. The van der Waals surface area contributed by atoms with Crippen molar-refractivity contribution in [2.45, 2.75) is 52.6 Å². The molecule has 3 aliphatic rings. The van der Waals surface area contributed by atoms with Crippen molar-refractivity contribution in [3.8, 4) is 0 Å². The van der Waals surface area contributed by atoms with Crippen LogP contribution in [0.25, 0.3) is 0 Å². The molecule has 0 N–H and O–H groups in total. The van der Waals surface area contributed by atoms with Crippen molar-refractivity contribution in [2.75, 3.05) is 54.5 Å². The smallest absolute Gasteiger partial charge is 0.227 e. The van der Waals surface area contributed by atoms with Crippen molar-refractivity contribution < 1.29 is 4.79 Å². The highest BCUT2D eigenvalue weighted by Gasteiger charge is 2.35. The zero-order chi connectivity index (χ0) is 23.2. The highest BCUT2D eigenvalue weighted by Crippen LogP contribution is 2.38. The maximum atomic E-state index is 12.8. The second-order valence-corrected chi connectivity index (χ2v) is 10.9. The van der Waals surface area contributed by atoms with Gasteiger partial charge in [-0.05, 0) is 54.5 Å². The molecule has 5 rings (SSSR count). The van der Waals surface area contributed by atoms with E-state index in [1.807, 2.05) is 0 Å². The van der Waals surface area contributed by atoms with E-state index in [4.69, 9.17) is 0 Å². The molecule has 5 heteroatoms. The maximum Gasteiger partial charge on any atom is 0.227 e. The number of likely N-dealkylation sites (tertiary alicyclic amines) is 1. The minimum atomic E-state index is 0.253. The summed E-state index contributed by atoms with van der Waals surface area (Å²) in [6.45, 7) is 13.1. The number of nitrogens with zero attached hydrogens (tertiary/aromatic N) is 4. The summed E-state index contributed by atoms with van der Waals surface area (Å²) in [7, 11) is 2.23. The van der Waals surface area contributed by atoms with E-state index < -0.39 is 0 Å². The molecule has 1 fully saturated rings. The largest absolute Gasteiger partial charge is 0.372 e. The van der Waals surface area contributed by atoms with Gasteiger partial charge in [0.1, 0.15) is 0 Å². The predicted molar refractivity (Wildman–Crippen MR) is 137 cm³/mol. The van der Waals surface area contributed by atoms with Gasteiger partial charge in [-0.15, -0.1) is 0 Å². The van der Waals surface area contributed by atoms with E-state index in [1.165, 1.54) is 22.5 Å². The summed E-state index contributed by atoms with van der Waals surface area (Å²) in [5, 5.41) is 0. The molecule has 176 valence electrons. The van der Waals surface area contributed by atoms with E-state index in [0.717, 1.165) is 57.8 Å². The molecule has 1 amide bonds. The van der Waals surface area contributed by atoms with Gasteiger partial charge in [0.05, 0.1) is 17.4 Å². The van der Waals surface area contributed by atoms with Gasteiger partial charge in [-0.25, -0.2) is 0 Å². The number of rotatable bonds is 4. The summed E-state index contributed by atoms with van der Waals surface area (Å²) in [5.41, 5.74) is 6.76. The first-order valence-corrected chi connectivity index (χ1v) is 12.6. The number of benzene rings is 2. The average Bonchev–Trinajstić information content (AvgIpc) is 3.21. The zero-order valence-corrected chi connectivity index (χ0v) is 20.7. The summed E-state index contributed by atoms with van der Waals surface area (Å²) in [4.78, 5) is 22.4. The van der Waals surface area contributed by atoms with Crippen LogP contribution < -0.4 is 14.7 Å². The van der Waals surface area contributed by atoms with Crippen molar-refractivity contribution >= 4 is 23.0 Å². The molecule has 1 atom stereocenters. The van der Waals surface area contributed by atoms with E-state index in [0.29, 0.717) is 6.42 Å². The summed E-state index contributed by atoms with van der Waals surface area (Å²) < 4.78 is 0. The van der Waals surface area contributed by atoms with Crippen LogP contribution in [0.2, 0.25) is 0 Å². The average molecular weight is 447 g/mol. The fraction of sp³-hybridized carbons (Fsp3) is 0.536. The third-order valence-corrected chi connectivity index (χ3v) is 7.60. The molecule has 33 heavy (non-hydrogen) atoms. The Kier molecular flexibility index (Phi) is 5.86. The van der Waals surface area contributed by atoms with Crippen molar-refractivity contribution in [1.82, 2.24) is 4.90 Å². The van der Waals surface area contributed by atoms with Gasteiger partial charge < -0.3 is 14.7 Å². The number of carbonyl (C=O) groups is 1. The topological polar surface area (TPSA) is 30.0 Å². The van der Waals surface area contributed by atoms with Gasteiger partial charge in [0.25, 0.3) is 0 Å². The van der Waals surface area contributed by atoms with Crippen LogP contribution in [-0.4, -0.2) is 56.6 Å². The Hall–Kier alpha value is -2.53. The van der Waals surface area contributed by atoms with E-state index in [2.05, 4.69) is 89.9 Å². The van der Waals surface area contributed by atoms with Gasteiger partial charge in [0.2, 0.25) is 5.91 Å². The molecular weight excluding hydrogens is 408 g/mol. The first kappa shape index (κ1) is 22.3. The lowest BCUT2D eigenvalue weighted by atomic mass is 9.92. The maximum absolute atomic E-state index is 12.8. The lowest BCUT2D eigenvalue weighted by Crippen LogP contribution is -2.44. The third-order valence-electron chi connectivity index (χ3n) is 7.60. The van der Waals surface area contributed by atoms with Crippen LogP contribution in [-0.2, 0) is 17.8 Å². The first-order valence-electron chi connectivity index (χ1n) is 12.6. The number of para-hydroxylation sites is 1. The van der Waals surface area contributed by atoms with Crippen LogP contribution in [0, 0.1) is 5.41 Å². The van der Waals surface area contributed by atoms with Crippen molar-refractivity contribution in [3.63, 3.8) is 0 Å². The van der Waals surface area contributed by atoms with Gasteiger partial charge >= 0.3 is 0 Å². The van der Waals surface area contributed by atoms with Crippen LogP contribution in [0.3, 0.4) is 0 Å². The van der Waals surface area contributed by atoms with Crippen molar-refractivity contribution in [3.05, 3.63) is 53.6 Å². The molecule has 0 spiro atoms. The third kappa shape index (κ3) is 4.35. The Bertz CT molecular complexity index is 1030. The van der Waals surface area contributed by atoms with E-state index in [-0.39, 0.29) is 17.4 Å². The summed E-state index contributed by atoms with van der Waals surface area (Å²) in [6.07, 6.45) is 2.55. The van der Waals surface area contributed by atoms with Crippen molar-refractivity contribution in [1.29, 1.82) is 0 Å². The number of fused-ring (bicyclic) bond motifs is 2. The fourth-order valence-corrected chi connectivity index (χ4v) is 6.18. The minimum absolute atomic E-state index is 0.253. The molecule has 5 nitrogen and oxygen atoms in total. The molecule has 3 heterocycles. The Morgan fingerprint density at radius 2 is 1.82 bits per heavy atom. The Labute approximate surface area is 199 Å². The van der Waals surface area contributed by atoms with Crippen LogP contribution in [0.1, 0.15) is 44.7 Å². The molecule has 0 aromatic heterocycles. The lowest BCUT2D eigenvalue weighted by Gasteiger charge is -2.34. The number of carbonyl (C=O) groups excluding carboxylic acids is 1. The Morgan fingerprint density at radius 1 is 1.00 bits per heavy atom. The number of amides is 1. The number of anilines is 3. The minimum Gasteiger partial charge on any atom is -0.372 e. The second kappa shape index (κ2) is 8.68. The monoisotopic (exact) mass is 446 g/mol. The van der Waals surface area contributed by atoms with Crippen molar-refractivity contribution in [2.24, 2.45) is 5.41 Å². The summed E-state index contributed by atoms with van der Waals surface area (Å²) in [5.74, 6) is 0.287. The molecule has 0 saturated carbocycles. The van der Waals surface area contributed by atoms with Gasteiger partial charge in [0, 0.05) is 58.4 Å². The standard InChI is InChI=1S/C28H38N4O/c1-5-31-20-28(2,3)19-29(4)26-16-21(10-12-25(26)31)17-30-15-14-23(18-30)32-24-9-7-6-8-22(24)11-13-27(32)33/h6-10,12,16,23H,5,11,13-15,17-20H2,1-4H3. The number of hydrogen-bond acceptors (Lipinski definition) is 4. The molecule has 1 saturated heterocycles. The van der Waals surface area contributed by atoms with E-state index >= 15 is 0 Å². The van der Waals surface area contributed by atoms with Gasteiger partial charge in [-0.3, -0.25) is 9.69 Å². The number of aryl methyl sites for hydroxylation is 1. The Morgan fingerprint density at radius 3 is 2.64 bits per heavy atom.